The van der Waals surface area contributed by atoms with Crippen molar-refractivity contribution in [1.29, 1.82) is 0 Å². The van der Waals surface area contributed by atoms with Crippen LogP contribution in [0.15, 0.2) is 41.2 Å². The molecule has 0 aliphatic heterocycles. The molecule has 0 spiro atoms. The lowest BCUT2D eigenvalue weighted by atomic mass is 10.1. The Morgan fingerprint density at radius 1 is 1.08 bits per heavy atom. The van der Waals surface area contributed by atoms with Crippen LogP contribution < -0.4 is 5.69 Å². The molecule has 24 heavy (non-hydrogen) atoms. The van der Waals surface area contributed by atoms with E-state index in [1.165, 1.54) is 5.56 Å². The molecule has 0 saturated heterocycles. The van der Waals surface area contributed by atoms with E-state index in [1.807, 2.05) is 24.3 Å². The number of aromatic amines is 2. The molecule has 6 nitrogen and oxygen atoms in total. The molecule has 0 saturated carbocycles. The van der Waals surface area contributed by atoms with Crippen LogP contribution in [0.2, 0.25) is 0 Å². The Kier molecular flexibility index (Phi) is 4.84. The average molecular weight is 323 g/mol. The highest BCUT2D eigenvalue weighted by molar-refractivity contribution is 5.48. The number of benzene rings is 1. The lowest BCUT2D eigenvalue weighted by Gasteiger charge is -2.04. The van der Waals surface area contributed by atoms with Crippen LogP contribution >= 0.6 is 0 Å². The van der Waals surface area contributed by atoms with Gasteiger partial charge in [-0.15, -0.1) is 0 Å². The summed E-state index contributed by atoms with van der Waals surface area (Å²) in [6.45, 7) is 4.21. The minimum Gasteiger partial charge on any atom is -0.310 e. The van der Waals surface area contributed by atoms with Crippen LogP contribution in [-0.4, -0.2) is 25.1 Å². The first kappa shape index (κ1) is 16.1. The second-order valence-electron chi connectivity index (χ2n) is 6.29. The zero-order valence-corrected chi connectivity index (χ0v) is 13.9. The quantitative estimate of drug-likeness (QED) is 0.730. The zero-order chi connectivity index (χ0) is 16.9. The number of nitrogens with one attached hydrogen (secondary N) is 2. The summed E-state index contributed by atoms with van der Waals surface area (Å²) in [5.41, 5.74) is 2.26. The third-order valence-electron chi connectivity index (χ3n) is 3.68. The molecule has 6 heteroatoms. The molecule has 0 bridgehead atoms. The summed E-state index contributed by atoms with van der Waals surface area (Å²) in [7, 11) is 0. The van der Waals surface area contributed by atoms with E-state index in [4.69, 9.17) is 0 Å². The predicted molar refractivity (Wildman–Crippen MR) is 92.6 cm³/mol. The van der Waals surface area contributed by atoms with Crippen LogP contribution in [0.4, 0.5) is 0 Å². The van der Waals surface area contributed by atoms with Gasteiger partial charge in [0.05, 0.1) is 0 Å². The van der Waals surface area contributed by atoms with E-state index >= 15 is 0 Å². The predicted octanol–water partition coefficient (Wildman–Crippen LogP) is 2.54. The molecule has 2 N–H and O–H groups in total. The number of hydrogen-bond donors (Lipinski definition) is 2. The van der Waals surface area contributed by atoms with Gasteiger partial charge in [-0.25, -0.2) is 9.78 Å². The molecule has 0 aliphatic carbocycles. The summed E-state index contributed by atoms with van der Waals surface area (Å²) in [6, 6.07) is 12.1. The van der Waals surface area contributed by atoms with Gasteiger partial charge < -0.3 is 4.98 Å². The van der Waals surface area contributed by atoms with E-state index in [1.54, 1.807) is 0 Å². The normalized spacial score (nSPS) is 11.1. The molecule has 0 radical (unpaired) electrons. The Balaban J connectivity index is 1.75. The van der Waals surface area contributed by atoms with Crippen molar-refractivity contribution in [2.24, 2.45) is 5.92 Å². The van der Waals surface area contributed by atoms with Gasteiger partial charge >= 0.3 is 5.69 Å². The number of rotatable bonds is 6. The first-order valence-electron chi connectivity index (χ1n) is 8.16. The Morgan fingerprint density at radius 2 is 1.88 bits per heavy atom. The van der Waals surface area contributed by atoms with Gasteiger partial charge in [0.15, 0.2) is 5.82 Å². The third kappa shape index (κ3) is 4.16. The minimum atomic E-state index is -0.362. The second-order valence-corrected chi connectivity index (χ2v) is 6.29. The summed E-state index contributed by atoms with van der Waals surface area (Å²) in [6.07, 6.45) is 2.44. The van der Waals surface area contributed by atoms with Crippen molar-refractivity contribution in [3.63, 3.8) is 0 Å². The highest BCUT2D eigenvalue weighted by Crippen LogP contribution is 2.13. The van der Waals surface area contributed by atoms with Crippen molar-refractivity contribution >= 4 is 0 Å². The minimum absolute atomic E-state index is 0.362. The van der Waals surface area contributed by atoms with E-state index in [2.05, 4.69) is 51.1 Å². The molecule has 3 rings (SSSR count). The molecule has 0 aliphatic rings. The topological polar surface area (TPSA) is 87.3 Å². The largest absolute Gasteiger partial charge is 0.345 e. The summed E-state index contributed by atoms with van der Waals surface area (Å²) in [4.78, 5) is 23.0. The molecule has 0 amide bonds. The Labute approximate surface area is 140 Å². The smallest absolute Gasteiger partial charge is 0.310 e. The Morgan fingerprint density at radius 3 is 2.62 bits per heavy atom. The fraction of sp³-hybridized carbons (Fsp3) is 0.333. The van der Waals surface area contributed by atoms with Crippen molar-refractivity contribution in [2.45, 2.75) is 33.1 Å². The lowest BCUT2D eigenvalue weighted by molar-refractivity contribution is 0.632. The van der Waals surface area contributed by atoms with Gasteiger partial charge in [-0.2, -0.15) is 10.1 Å². The molecular weight excluding hydrogens is 302 g/mol. The molecular formula is C18H21N5O. The highest BCUT2D eigenvalue weighted by Gasteiger charge is 2.10. The van der Waals surface area contributed by atoms with E-state index in [0.29, 0.717) is 17.4 Å². The first-order valence-corrected chi connectivity index (χ1v) is 8.16. The van der Waals surface area contributed by atoms with Crippen LogP contribution in [0.5, 0.6) is 0 Å². The number of aryl methyl sites for hydroxylation is 2. The monoisotopic (exact) mass is 323 g/mol. The molecule has 3 aromatic rings. The summed E-state index contributed by atoms with van der Waals surface area (Å²) in [5, 5.41) is 7.15. The standard InChI is InChI=1S/C18H21N5O/c1-12(2)10-14-11-15(20-18(24)19-14)17-21-16(22-23-17)9-8-13-6-4-3-5-7-13/h3-7,11-12H,8-10H2,1-2H3,(H,19,20,24)(H,21,22,23). The molecule has 124 valence electrons. The van der Waals surface area contributed by atoms with Crippen molar-refractivity contribution in [2.75, 3.05) is 0 Å². The van der Waals surface area contributed by atoms with Crippen molar-refractivity contribution in [1.82, 2.24) is 25.1 Å². The van der Waals surface area contributed by atoms with Crippen LogP contribution in [-0.2, 0) is 19.3 Å². The van der Waals surface area contributed by atoms with E-state index < -0.39 is 0 Å². The molecule has 0 fully saturated rings. The van der Waals surface area contributed by atoms with E-state index in [0.717, 1.165) is 30.8 Å². The van der Waals surface area contributed by atoms with E-state index in [-0.39, 0.29) is 5.69 Å². The van der Waals surface area contributed by atoms with Gasteiger partial charge in [-0.3, -0.25) is 5.10 Å². The Bertz CT molecular complexity index is 851. The van der Waals surface area contributed by atoms with Gasteiger partial charge in [0.2, 0.25) is 0 Å². The van der Waals surface area contributed by atoms with Crippen molar-refractivity contribution < 1.29 is 0 Å². The van der Waals surface area contributed by atoms with E-state index in [9.17, 15) is 4.79 Å². The van der Waals surface area contributed by atoms with Gasteiger partial charge in [-0.05, 0) is 30.4 Å². The maximum absolute atomic E-state index is 11.8. The average Bonchev–Trinajstić information content (AvgIpc) is 3.02. The maximum Gasteiger partial charge on any atom is 0.345 e. The fourth-order valence-electron chi connectivity index (χ4n) is 2.60. The van der Waals surface area contributed by atoms with Crippen LogP contribution in [0.1, 0.15) is 30.9 Å². The van der Waals surface area contributed by atoms with Gasteiger partial charge in [0.1, 0.15) is 11.5 Å². The third-order valence-corrected chi connectivity index (χ3v) is 3.68. The highest BCUT2D eigenvalue weighted by atomic mass is 16.1. The van der Waals surface area contributed by atoms with Crippen LogP contribution in [0.3, 0.4) is 0 Å². The van der Waals surface area contributed by atoms with Gasteiger partial charge in [0.25, 0.3) is 0 Å². The van der Waals surface area contributed by atoms with Crippen molar-refractivity contribution in [3.8, 4) is 11.5 Å². The molecule has 0 atom stereocenters. The number of hydrogen-bond acceptors (Lipinski definition) is 4. The van der Waals surface area contributed by atoms with Gasteiger partial charge in [0, 0.05) is 12.1 Å². The molecule has 0 unspecified atom stereocenters. The second kappa shape index (κ2) is 7.21. The van der Waals surface area contributed by atoms with Gasteiger partial charge in [-0.1, -0.05) is 44.2 Å². The van der Waals surface area contributed by atoms with Crippen molar-refractivity contribution in [3.05, 3.63) is 64.0 Å². The SMILES string of the molecule is CC(C)Cc1cc(-c2n[nH]c(CCc3ccccc3)n2)nc(=O)[nH]1. The molecule has 2 heterocycles. The lowest BCUT2D eigenvalue weighted by Crippen LogP contribution is -2.15. The summed E-state index contributed by atoms with van der Waals surface area (Å²) < 4.78 is 0. The fourth-order valence-corrected chi connectivity index (χ4v) is 2.60. The zero-order valence-electron chi connectivity index (χ0n) is 13.9. The number of aromatic nitrogens is 5. The van der Waals surface area contributed by atoms with Crippen LogP contribution in [0, 0.1) is 5.92 Å². The Hall–Kier alpha value is -2.76. The summed E-state index contributed by atoms with van der Waals surface area (Å²) in [5.74, 6) is 1.71. The number of H-pyrrole nitrogens is 2. The molecule has 1 aromatic carbocycles. The number of nitrogens with zero attached hydrogens (tertiary/aromatic N) is 3. The maximum atomic E-state index is 11.8. The molecule has 2 aromatic heterocycles. The van der Waals surface area contributed by atoms with Crippen LogP contribution in [0.25, 0.3) is 11.5 Å². The summed E-state index contributed by atoms with van der Waals surface area (Å²) >= 11 is 0. The first-order chi connectivity index (χ1) is 11.6.